The molecule has 4 rings (SSSR count). The van der Waals surface area contributed by atoms with Crippen molar-refractivity contribution in [1.82, 2.24) is 5.32 Å². The van der Waals surface area contributed by atoms with Crippen LogP contribution in [0.25, 0.3) is 0 Å². The number of halogens is 1. The van der Waals surface area contributed by atoms with Crippen molar-refractivity contribution < 1.29 is 24.0 Å². The van der Waals surface area contributed by atoms with E-state index in [4.69, 9.17) is 21.1 Å². The molecule has 26 heavy (non-hydrogen) atoms. The van der Waals surface area contributed by atoms with Crippen LogP contribution in [0.3, 0.4) is 0 Å². The second-order valence-corrected chi connectivity index (χ2v) is 6.55. The predicted octanol–water partition coefficient (Wildman–Crippen LogP) is 1.64. The lowest BCUT2D eigenvalue weighted by molar-refractivity contribution is -0.384. The van der Waals surface area contributed by atoms with E-state index >= 15 is 0 Å². The number of nitrogens with zero attached hydrogens (tertiary/aromatic N) is 1. The molecule has 0 spiro atoms. The third kappa shape index (κ3) is 2.63. The summed E-state index contributed by atoms with van der Waals surface area (Å²) in [5, 5.41) is 14.3. The molecule has 0 aliphatic carbocycles. The Bertz CT molecular complexity index is 878. The largest absolute Gasteiger partial charge is 0.367 e. The summed E-state index contributed by atoms with van der Waals surface area (Å²) in [5.74, 6) is -1.22. The molecule has 0 bridgehead atoms. The number of Topliss-reactive ketones (excluding diaryl/α,β-unsaturated/α-hetero) is 2. The normalized spacial score (nSPS) is 20.7. The van der Waals surface area contributed by atoms with Gasteiger partial charge >= 0.3 is 0 Å². The predicted molar refractivity (Wildman–Crippen MR) is 89.7 cm³/mol. The number of carbonyl (C=O) groups is 2. The van der Waals surface area contributed by atoms with Crippen molar-refractivity contribution in [3.8, 4) is 0 Å². The number of rotatable bonds is 2. The number of ether oxygens (including phenoxy) is 2. The first-order chi connectivity index (χ1) is 12.5. The van der Waals surface area contributed by atoms with Crippen LogP contribution < -0.4 is 5.32 Å². The van der Waals surface area contributed by atoms with Crippen molar-refractivity contribution in [2.45, 2.75) is 5.92 Å². The van der Waals surface area contributed by atoms with Gasteiger partial charge in [0.15, 0.2) is 11.6 Å². The van der Waals surface area contributed by atoms with Crippen LogP contribution in [0, 0.1) is 10.1 Å². The number of hydrogen-bond acceptors (Lipinski definition) is 7. The Morgan fingerprint density at radius 3 is 2.15 bits per heavy atom. The second-order valence-electron chi connectivity index (χ2n) is 6.14. The Balaban J connectivity index is 1.93. The summed E-state index contributed by atoms with van der Waals surface area (Å²) in [4.78, 5) is 35.7. The summed E-state index contributed by atoms with van der Waals surface area (Å²) in [5.41, 5.74) is 2.12. The van der Waals surface area contributed by atoms with Gasteiger partial charge in [-0.3, -0.25) is 19.7 Å². The second kappa shape index (κ2) is 6.31. The van der Waals surface area contributed by atoms with Crippen LogP contribution in [-0.4, -0.2) is 42.9 Å². The van der Waals surface area contributed by atoms with Crippen molar-refractivity contribution in [3.05, 3.63) is 61.4 Å². The molecule has 134 valence electrons. The molecule has 0 saturated carbocycles. The fraction of sp³-hybridized carbons (Fsp3) is 0.294. The number of carbonyl (C=O) groups excluding carboxylic acids is 2. The molecule has 9 heteroatoms. The van der Waals surface area contributed by atoms with Crippen molar-refractivity contribution in [2.75, 3.05) is 26.4 Å². The maximum Gasteiger partial charge on any atom is 0.288 e. The van der Waals surface area contributed by atoms with Gasteiger partial charge in [-0.05, 0) is 11.6 Å². The van der Waals surface area contributed by atoms with Gasteiger partial charge in [0.2, 0.25) is 0 Å². The minimum atomic E-state index is -0.704. The SMILES string of the molecule is O=C1COCC2=C1C(c1ccc(Cl)c([N+](=O)[O-])c1)C1=C(COCC1=O)N2. The number of benzene rings is 1. The molecule has 1 aromatic rings. The van der Waals surface area contributed by atoms with E-state index in [0.29, 0.717) is 28.1 Å². The number of nitro benzene ring substituents is 1. The monoisotopic (exact) mass is 376 g/mol. The maximum atomic E-state index is 12.5. The summed E-state index contributed by atoms with van der Waals surface area (Å²) in [6.07, 6.45) is 0. The number of dihydropyridines is 1. The fourth-order valence-electron chi connectivity index (χ4n) is 3.53. The minimum Gasteiger partial charge on any atom is -0.367 e. The molecular formula is C17H13ClN2O6. The minimum absolute atomic E-state index is 0.00676. The highest BCUT2D eigenvalue weighted by Crippen LogP contribution is 2.42. The quantitative estimate of drug-likeness (QED) is 0.617. The zero-order chi connectivity index (χ0) is 18.4. The average molecular weight is 377 g/mol. The van der Waals surface area contributed by atoms with Gasteiger partial charge in [0.25, 0.3) is 5.69 Å². The van der Waals surface area contributed by atoms with Crippen LogP contribution in [0.2, 0.25) is 5.02 Å². The smallest absolute Gasteiger partial charge is 0.288 e. The fourth-order valence-corrected chi connectivity index (χ4v) is 3.71. The van der Waals surface area contributed by atoms with E-state index in [1.54, 1.807) is 6.07 Å². The van der Waals surface area contributed by atoms with Gasteiger partial charge in [-0.1, -0.05) is 17.7 Å². The summed E-state index contributed by atoms with van der Waals surface area (Å²) < 4.78 is 10.6. The highest BCUT2D eigenvalue weighted by Gasteiger charge is 2.41. The molecule has 3 aliphatic heterocycles. The Kier molecular flexibility index (Phi) is 4.10. The Morgan fingerprint density at radius 2 is 1.62 bits per heavy atom. The summed E-state index contributed by atoms with van der Waals surface area (Å²) in [7, 11) is 0. The van der Waals surface area contributed by atoms with E-state index in [2.05, 4.69) is 5.32 Å². The van der Waals surface area contributed by atoms with Crippen molar-refractivity contribution >= 4 is 28.9 Å². The molecule has 8 nitrogen and oxygen atoms in total. The zero-order valence-electron chi connectivity index (χ0n) is 13.4. The van der Waals surface area contributed by atoms with Gasteiger partial charge < -0.3 is 14.8 Å². The molecule has 0 amide bonds. The third-order valence-corrected chi connectivity index (χ3v) is 4.91. The van der Waals surface area contributed by atoms with E-state index in [-0.39, 0.29) is 48.7 Å². The molecule has 3 aliphatic rings. The van der Waals surface area contributed by atoms with Crippen LogP contribution in [0.1, 0.15) is 11.5 Å². The molecule has 3 heterocycles. The molecular weight excluding hydrogens is 364 g/mol. The molecule has 0 saturated heterocycles. The first-order valence-electron chi connectivity index (χ1n) is 7.86. The van der Waals surface area contributed by atoms with Gasteiger partial charge in [-0.15, -0.1) is 0 Å². The van der Waals surface area contributed by atoms with E-state index < -0.39 is 10.8 Å². The van der Waals surface area contributed by atoms with Gasteiger partial charge in [-0.25, -0.2) is 0 Å². The lowest BCUT2D eigenvalue weighted by atomic mass is 9.76. The number of hydrogen-bond donors (Lipinski definition) is 1. The van der Waals surface area contributed by atoms with E-state index in [0.717, 1.165) is 0 Å². The first-order valence-corrected chi connectivity index (χ1v) is 8.24. The summed E-state index contributed by atoms with van der Waals surface area (Å²) in [6.45, 7) is 0.191. The number of ketones is 2. The third-order valence-electron chi connectivity index (χ3n) is 4.59. The molecule has 0 atom stereocenters. The van der Waals surface area contributed by atoms with Crippen LogP contribution in [0.15, 0.2) is 40.7 Å². The summed E-state index contributed by atoms with van der Waals surface area (Å²) in [6, 6.07) is 4.33. The molecule has 0 fully saturated rings. The Morgan fingerprint density at radius 1 is 1.04 bits per heavy atom. The van der Waals surface area contributed by atoms with Crippen molar-refractivity contribution in [3.63, 3.8) is 0 Å². The lowest BCUT2D eigenvalue weighted by Gasteiger charge is -2.36. The van der Waals surface area contributed by atoms with Crippen LogP contribution in [0.5, 0.6) is 0 Å². The van der Waals surface area contributed by atoms with Crippen LogP contribution >= 0.6 is 11.6 Å². The van der Waals surface area contributed by atoms with Crippen molar-refractivity contribution in [1.29, 1.82) is 0 Å². The summed E-state index contributed by atoms with van der Waals surface area (Å²) >= 11 is 5.91. The van der Waals surface area contributed by atoms with Gasteiger partial charge in [0.1, 0.15) is 18.2 Å². The topological polar surface area (TPSA) is 108 Å². The standard InChI is InChI=1S/C17H13ClN2O6/c18-9-2-1-8(3-12(9)20(23)24)15-16-10(4-25-6-13(16)21)19-11-5-26-7-14(22)17(11)15/h1-3,15,19H,4-7H2. The molecule has 1 aromatic carbocycles. The van der Waals surface area contributed by atoms with Crippen molar-refractivity contribution in [2.24, 2.45) is 0 Å². The lowest BCUT2D eigenvalue weighted by Crippen LogP contribution is -2.42. The van der Waals surface area contributed by atoms with E-state index in [1.807, 2.05) is 0 Å². The highest BCUT2D eigenvalue weighted by molar-refractivity contribution is 6.32. The van der Waals surface area contributed by atoms with Gasteiger partial charge in [0, 0.05) is 34.5 Å². The van der Waals surface area contributed by atoms with Gasteiger partial charge in [-0.2, -0.15) is 0 Å². The molecule has 0 radical (unpaired) electrons. The van der Waals surface area contributed by atoms with Crippen LogP contribution in [0.4, 0.5) is 5.69 Å². The van der Waals surface area contributed by atoms with Gasteiger partial charge in [0.05, 0.1) is 18.1 Å². The molecule has 1 N–H and O–H groups in total. The molecule has 0 aromatic heterocycles. The van der Waals surface area contributed by atoms with Crippen LogP contribution in [-0.2, 0) is 19.1 Å². The number of nitro groups is 1. The maximum absolute atomic E-state index is 12.5. The highest BCUT2D eigenvalue weighted by atomic mass is 35.5. The number of nitrogens with one attached hydrogen (secondary N) is 1. The van der Waals surface area contributed by atoms with E-state index in [9.17, 15) is 19.7 Å². The Labute approximate surface area is 152 Å². The Hall–Kier alpha value is -2.55. The zero-order valence-corrected chi connectivity index (χ0v) is 14.2. The first kappa shape index (κ1) is 16.9. The average Bonchev–Trinajstić information content (AvgIpc) is 2.61. The molecule has 0 unspecified atom stereocenters. The van der Waals surface area contributed by atoms with E-state index in [1.165, 1.54) is 12.1 Å².